The normalized spacial score (nSPS) is 9.97. The Morgan fingerprint density at radius 1 is 0.828 bits per heavy atom. The number of nitrogens with one attached hydrogen (secondary N) is 5. The lowest BCUT2D eigenvalue weighted by Crippen LogP contribution is -2.43. The van der Waals surface area contributed by atoms with Gasteiger partial charge in [-0.15, -0.1) is 0 Å². The highest BCUT2D eigenvalue weighted by Crippen LogP contribution is 2.22. The third kappa shape index (κ3) is 6.21. The molecule has 7 nitrogen and oxygen atoms in total. The van der Waals surface area contributed by atoms with Crippen LogP contribution < -0.4 is 26.8 Å². The minimum absolute atomic E-state index is 0.276. The minimum Gasteiger partial charge on any atom is -0.332 e. The number of aryl methyl sites for hydroxylation is 1. The average Bonchev–Trinajstić information content (AvgIpc) is 3.07. The van der Waals surface area contributed by atoms with Crippen molar-refractivity contribution in [1.29, 1.82) is 0 Å². The number of hydrogen-bond acceptors (Lipinski definition) is 5. The Bertz CT molecular complexity index is 1010. The van der Waals surface area contributed by atoms with Crippen molar-refractivity contribution in [2.24, 2.45) is 0 Å². The van der Waals surface area contributed by atoms with Crippen molar-refractivity contribution in [2.45, 2.75) is 6.92 Å². The van der Waals surface area contributed by atoms with Crippen LogP contribution in [0.4, 0.5) is 16.5 Å². The zero-order valence-corrected chi connectivity index (χ0v) is 17.8. The van der Waals surface area contributed by atoms with Crippen LogP contribution in [0, 0.1) is 6.92 Å². The summed E-state index contributed by atoms with van der Waals surface area (Å²) in [6.07, 6.45) is 0. The number of thiocarbonyl (C=S) groups is 2. The number of anilines is 3. The molecule has 0 aliphatic heterocycles. The van der Waals surface area contributed by atoms with Crippen molar-refractivity contribution < 1.29 is 4.79 Å². The van der Waals surface area contributed by atoms with Gasteiger partial charge in [-0.1, -0.05) is 47.7 Å². The van der Waals surface area contributed by atoms with Gasteiger partial charge in [-0.2, -0.15) is 0 Å². The minimum atomic E-state index is -0.341. The topological polar surface area (TPSA) is 90.1 Å². The predicted molar refractivity (Wildman–Crippen MR) is 126 cm³/mol. The molecule has 0 radical (unpaired) electrons. The van der Waals surface area contributed by atoms with E-state index in [0.29, 0.717) is 20.8 Å². The Hall–Kier alpha value is -3.08. The fourth-order valence-corrected chi connectivity index (χ4v) is 3.61. The second kappa shape index (κ2) is 9.92. The number of hydrogen-bond donors (Lipinski definition) is 5. The summed E-state index contributed by atoms with van der Waals surface area (Å²) in [5.41, 5.74) is 7.51. The number of hydrazine groups is 1. The van der Waals surface area contributed by atoms with Crippen LogP contribution in [0.5, 0.6) is 0 Å². The molecule has 29 heavy (non-hydrogen) atoms. The van der Waals surface area contributed by atoms with Crippen LogP contribution in [0.1, 0.15) is 15.4 Å². The number of benzene rings is 2. The van der Waals surface area contributed by atoms with E-state index in [-0.39, 0.29) is 11.0 Å². The first-order chi connectivity index (χ1) is 14.0. The van der Waals surface area contributed by atoms with E-state index in [2.05, 4.69) is 31.8 Å². The number of para-hydroxylation sites is 2. The molecule has 2 aromatic carbocycles. The molecule has 1 aromatic heterocycles. The third-order valence-corrected chi connectivity index (χ3v) is 5.06. The van der Waals surface area contributed by atoms with Crippen molar-refractivity contribution in [3.05, 3.63) is 71.2 Å². The first-order valence-electron chi connectivity index (χ1n) is 8.54. The molecule has 1 heterocycles. The van der Waals surface area contributed by atoms with E-state index in [0.717, 1.165) is 11.4 Å². The smallest absolute Gasteiger partial charge is 0.281 e. The highest BCUT2D eigenvalue weighted by atomic mass is 32.1. The molecule has 3 aromatic rings. The van der Waals surface area contributed by atoms with E-state index in [1.807, 2.05) is 60.7 Å². The number of rotatable bonds is 4. The molecule has 0 aliphatic carbocycles. The molecule has 0 saturated heterocycles. The first-order valence-corrected chi connectivity index (χ1v) is 10.2. The summed E-state index contributed by atoms with van der Waals surface area (Å²) in [6, 6.07) is 19.0. The second-order valence-electron chi connectivity index (χ2n) is 5.78. The number of thiazole rings is 1. The standard InChI is InChI=1S/C19H18N6OS3/c1-12-15(16(26)24-25-18(28)22-14-10-6-3-7-11-14)29-19(20-12)23-17(27)21-13-8-4-2-5-9-13/h2-11H,1H3,(H,24,26)(H2,22,25,28)(H2,20,21,23,27). The van der Waals surface area contributed by atoms with Gasteiger partial charge >= 0.3 is 0 Å². The van der Waals surface area contributed by atoms with Crippen LogP contribution in [0.15, 0.2) is 60.7 Å². The van der Waals surface area contributed by atoms with Crippen LogP contribution in [-0.2, 0) is 0 Å². The molecule has 148 valence electrons. The Balaban J connectivity index is 1.53. The second-order valence-corrected chi connectivity index (χ2v) is 7.59. The maximum atomic E-state index is 12.4. The molecule has 0 aliphatic rings. The van der Waals surface area contributed by atoms with Crippen molar-refractivity contribution in [3.8, 4) is 0 Å². The van der Waals surface area contributed by atoms with Gasteiger partial charge in [0.2, 0.25) is 0 Å². The molecule has 5 N–H and O–H groups in total. The molecule has 3 rings (SSSR count). The van der Waals surface area contributed by atoms with Crippen LogP contribution in [0.25, 0.3) is 0 Å². The largest absolute Gasteiger partial charge is 0.332 e. The molecule has 0 atom stereocenters. The van der Waals surface area contributed by atoms with E-state index in [9.17, 15) is 4.79 Å². The SMILES string of the molecule is Cc1nc(NC(=S)Nc2ccccc2)sc1C(=O)NNC(=S)Nc1ccccc1. The van der Waals surface area contributed by atoms with Crippen LogP contribution in [-0.4, -0.2) is 21.1 Å². The lowest BCUT2D eigenvalue weighted by Gasteiger charge is -2.11. The van der Waals surface area contributed by atoms with E-state index < -0.39 is 0 Å². The van der Waals surface area contributed by atoms with E-state index >= 15 is 0 Å². The lowest BCUT2D eigenvalue weighted by atomic mass is 10.3. The molecule has 10 heteroatoms. The molecule has 0 spiro atoms. The Kier molecular flexibility index (Phi) is 7.06. The summed E-state index contributed by atoms with van der Waals surface area (Å²) in [5, 5.41) is 10.2. The average molecular weight is 443 g/mol. The fourth-order valence-electron chi connectivity index (χ4n) is 2.30. The van der Waals surface area contributed by atoms with Gasteiger partial charge < -0.3 is 16.0 Å². The Labute approximate surface area is 182 Å². The van der Waals surface area contributed by atoms with Gasteiger partial charge in [0.05, 0.1) is 5.69 Å². The molecule has 0 bridgehead atoms. The van der Waals surface area contributed by atoms with E-state index in [1.165, 1.54) is 11.3 Å². The zero-order valence-electron chi connectivity index (χ0n) is 15.4. The maximum absolute atomic E-state index is 12.4. The van der Waals surface area contributed by atoms with Gasteiger partial charge in [0, 0.05) is 11.4 Å². The monoisotopic (exact) mass is 442 g/mol. The van der Waals surface area contributed by atoms with Crippen molar-refractivity contribution in [1.82, 2.24) is 15.8 Å². The number of aromatic nitrogens is 1. The number of nitrogens with zero attached hydrogens (tertiary/aromatic N) is 1. The fraction of sp³-hybridized carbons (Fsp3) is 0.0526. The van der Waals surface area contributed by atoms with Crippen LogP contribution in [0.3, 0.4) is 0 Å². The molecule has 0 fully saturated rings. The predicted octanol–water partition coefficient (Wildman–Crippen LogP) is 3.89. The van der Waals surface area contributed by atoms with Crippen molar-refractivity contribution in [3.63, 3.8) is 0 Å². The number of carbonyl (C=O) groups excluding carboxylic acids is 1. The molecular weight excluding hydrogens is 424 g/mol. The van der Waals surface area contributed by atoms with Crippen molar-refractivity contribution in [2.75, 3.05) is 16.0 Å². The summed E-state index contributed by atoms with van der Waals surface area (Å²) in [5.74, 6) is -0.341. The van der Waals surface area contributed by atoms with Gasteiger partial charge in [-0.05, 0) is 55.6 Å². The van der Waals surface area contributed by atoms with Gasteiger partial charge in [0.25, 0.3) is 5.91 Å². The van der Waals surface area contributed by atoms with Gasteiger partial charge in [-0.3, -0.25) is 15.6 Å². The highest BCUT2D eigenvalue weighted by Gasteiger charge is 2.16. The van der Waals surface area contributed by atoms with Crippen molar-refractivity contribution >= 4 is 68.4 Å². The maximum Gasteiger partial charge on any atom is 0.281 e. The zero-order chi connectivity index (χ0) is 20.6. The van der Waals surface area contributed by atoms with E-state index in [1.54, 1.807) is 6.92 Å². The summed E-state index contributed by atoms with van der Waals surface area (Å²) in [6.45, 7) is 1.75. The number of carbonyl (C=O) groups is 1. The summed E-state index contributed by atoms with van der Waals surface area (Å²) < 4.78 is 0. The van der Waals surface area contributed by atoms with Crippen LogP contribution >= 0.6 is 35.8 Å². The molecule has 1 amide bonds. The molecule has 0 saturated carbocycles. The van der Waals surface area contributed by atoms with Crippen LogP contribution in [0.2, 0.25) is 0 Å². The Morgan fingerprint density at radius 3 is 1.97 bits per heavy atom. The Morgan fingerprint density at radius 2 is 1.38 bits per heavy atom. The molecule has 0 unspecified atom stereocenters. The van der Waals surface area contributed by atoms with Gasteiger partial charge in [0.15, 0.2) is 15.4 Å². The lowest BCUT2D eigenvalue weighted by molar-refractivity contribution is 0.0947. The first kappa shape index (κ1) is 20.6. The summed E-state index contributed by atoms with van der Waals surface area (Å²) >= 11 is 11.7. The van der Waals surface area contributed by atoms with E-state index in [4.69, 9.17) is 24.4 Å². The third-order valence-electron chi connectivity index (χ3n) is 3.58. The van der Waals surface area contributed by atoms with Gasteiger partial charge in [0.1, 0.15) is 4.88 Å². The quantitative estimate of drug-likeness (QED) is 0.307. The summed E-state index contributed by atoms with van der Waals surface area (Å²) in [4.78, 5) is 17.2. The molecular formula is C19H18N6OS3. The highest BCUT2D eigenvalue weighted by molar-refractivity contribution is 7.81. The summed E-state index contributed by atoms with van der Waals surface area (Å²) in [7, 11) is 0. The van der Waals surface area contributed by atoms with Gasteiger partial charge in [-0.25, -0.2) is 4.98 Å². The number of amides is 1.